The van der Waals surface area contributed by atoms with Gasteiger partial charge in [-0.25, -0.2) is 14.2 Å². The van der Waals surface area contributed by atoms with Crippen LogP contribution in [0, 0.1) is 5.82 Å². The molecule has 3 aromatic carbocycles. The molecule has 7 nitrogen and oxygen atoms in total. The van der Waals surface area contributed by atoms with Gasteiger partial charge in [-0.1, -0.05) is 75.8 Å². The molecule has 1 atom stereocenters. The lowest BCUT2D eigenvalue weighted by molar-refractivity contribution is -0.139. The maximum absolute atomic E-state index is 14.1. The Morgan fingerprint density at radius 3 is 2.56 bits per heavy atom. The van der Waals surface area contributed by atoms with Crippen LogP contribution >= 0.6 is 27.3 Å². The van der Waals surface area contributed by atoms with Crippen LogP contribution in [0.4, 0.5) is 4.39 Å². The number of carbonyl (C=O) groups excluding carboxylic acids is 1. The summed E-state index contributed by atoms with van der Waals surface area (Å²) >= 11 is 4.80. The van der Waals surface area contributed by atoms with Crippen molar-refractivity contribution in [2.24, 2.45) is 4.99 Å². The van der Waals surface area contributed by atoms with E-state index in [9.17, 15) is 14.0 Å². The molecule has 4 aromatic rings. The zero-order valence-electron chi connectivity index (χ0n) is 22.5. The van der Waals surface area contributed by atoms with Gasteiger partial charge in [0.25, 0.3) is 5.56 Å². The molecule has 1 aliphatic rings. The van der Waals surface area contributed by atoms with Gasteiger partial charge in [0.05, 0.1) is 35.6 Å². The average molecular weight is 638 g/mol. The molecule has 0 saturated carbocycles. The summed E-state index contributed by atoms with van der Waals surface area (Å²) in [6, 6.07) is 18.5. The van der Waals surface area contributed by atoms with E-state index in [1.807, 2.05) is 30.3 Å². The first-order chi connectivity index (χ1) is 19.8. The molecule has 0 saturated heterocycles. The molecule has 2 heterocycles. The van der Waals surface area contributed by atoms with Crippen molar-refractivity contribution in [2.75, 3.05) is 13.7 Å². The monoisotopic (exact) mass is 636 g/mol. The zero-order valence-corrected chi connectivity index (χ0v) is 24.9. The highest BCUT2D eigenvalue weighted by molar-refractivity contribution is 9.10. The van der Waals surface area contributed by atoms with Gasteiger partial charge in [0.2, 0.25) is 0 Å². The molecule has 0 N–H and O–H groups in total. The summed E-state index contributed by atoms with van der Waals surface area (Å²) in [6.07, 6.45) is 1.74. The van der Waals surface area contributed by atoms with E-state index in [1.54, 1.807) is 54.8 Å². The second kappa shape index (κ2) is 12.2. The minimum Gasteiger partial charge on any atom is -0.493 e. The van der Waals surface area contributed by atoms with Crippen LogP contribution in [0.1, 0.15) is 36.6 Å². The lowest BCUT2D eigenvalue weighted by Gasteiger charge is -2.24. The molecule has 0 spiro atoms. The van der Waals surface area contributed by atoms with Gasteiger partial charge in [0, 0.05) is 10.0 Å². The number of halogens is 2. The van der Waals surface area contributed by atoms with E-state index in [4.69, 9.17) is 14.2 Å². The Kier molecular flexibility index (Phi) is 8.51. The molecule has 41 heavy (non-hydrogen) atoms. The zero-order chi connectivity index (χ0) is 29.1. The van der Waals surface area contributed by atoms with Crippen LogP contribution in [-0.4, -0.2) is 24.3 Å². The fourth-order valence-electron chi connectivity index (χ4n) is 4.59. The van der Waals surface area contributed by atoms with Gasteiger partial charge in [-0.2, -0.15) is 0 Å². The first kappa shape index (κ1) is 28.5. The lowest BCUT2D eigenvalue weighted by Crippen LogP contribution is -2.39. The molecular weight excluding hydrogens is 611 g/mol. The normalized spacial score (nSPS) is 14.9. The third kappa shape index (κ3) is 5.75. The smallest absolute Gasteiger partial charge is 0.338 e. The standard InChI is InChI=1S/C31H26BrFN2O5S/c1-4-39-30(37)27-18(2)34-31-35(28(27)19-10-6-5-7-11-19)29(36)26(41-31)15-21-14-24(38-3)25(16-22(21)32)40-17-20-12-8-9-13-23(20)33/h5-16,28H,4,17H2,1-3H3/b26-15+/t28-/m1/s1. The largest absolute Gasteiger partial charge is 0.493 e. The van der Waals surface area contributed by atoms with Crippen molar-refractivity contribution in [3.05, 3.63) is 125 Å². The first-order valence-electron chi connectivity index (χ1n) is 12.8. The molecular formula is C31H26BrFN2O5S. The van der Waals surface area contributed by atoms with Crippen LogP contribution in [-0.2, 0) is 16.1 Å². The third-order valence-electron chi connectivity index (χ3n) is 6.54. The Morgan fingerprint density at radius 2 is 1.85 bits per heavy atom. The van der Waals surface area contributed by atoms with E-state index >= 15 is 0 Å². The number of nitrogens with zero attached hydrogens (tertiary/aromatic N) is 2. The highest BCUT2D eigenvalue weighted by Gasteiger charge is 2.33. The van der Waals surface area contributed by atoms with E-state index in [0.717, 1.165) is 5.56 Å². The summed E-state index contributed by atoms with van der Waals surface area (Å²) in [5, 5.41) is 0. The van der Waals surface area contributed by atoms with Crippen molar-refractivity contribution in [3.8, 4) is 11.5 Å². The number of allylic oxidation sites excluding steroid dienone is 1. The molecule has 0 amide bonds. The van der Waals surface area contributed by atoms with Gasteiger partial charge < -0.3 is 14.2 Å². The van der Waals surface area contributed by atoms with Gasteiger partial charge in [-0.05, 0) is 49.2 Å². The van der Waals surface area contributed by atoms with Crippen LogP contribution in [0.5, 0.6) is 11.5 Å². The summed E-state index contributed by atoms with van der Waals surface area (Å²) < 4.78 is 33.4. The number of carbonyl (C=O) groups is 1. The van der Waals surface area contributed by atoms with Gasteiger partial charge in [0.15, 0.2) is 16.3 Å². The van der Waals surface area contributed by atoms with Crippen molar-refractivity contribution in [3.63, 3.8) is 0 Å². The minimum absolute atomic E-state index is 0.0229. The number of hydrogen-bond donors (Lipinski definition) is 0. The van der Waals surface area contributed by atoms with Crippen LogP contribution in [0.2, 0.25) is 0 Å². The highest BCUT2D eigenvalue weighted by Crippen LogP contribution is 2.35. The maximum atomic E-state index is 14.1. The fourth-order valence-corrected chi connectivity index (χ4v) is 6.06. The summed E-state index contributed by atoms with van der Waals surface area (Å²) in [6.45, 7) is 3.72. The number of thiazole rings is 1. The molecule has 0 aliphatic carbocycles. The molecule has 10 heteroatoms. The Morgan fingerprint density at radius 1 is 1.12 bits per heavy atom. The SMILES string of the molecule is CCOC(=O)C1=C(C)N=c2s/c(=C/c3cc(OC)c(OCc4ccccc4F)cc3Br)c(=O)n2[C@@H]1c1ccccc1. The average Bonchev–Trinajstić information content (AvgIpc) is 3.27. The summed E-state index contributed by atoms with van der Waals surface area (Å²) in [5.41, 5.74) is 2.41. The Hall–Kier alpha value is -4.02. The van der Waals surface area contributed by atoms with Crippen molar-refractivity contribution in [1.82, 2.24) is 4.57 Å². The lowest BCUT2D eigenvalue weighted by atomic mass is 9.96. The first-order valence-corrected chi connectivity index (χ1v) is 14.4. The van der Waals surface area contributed by atoms with Crippen LogP contribution in [0.15, 0.2) is 92.3 Å². The minimum atomic E-state index is -0.680. The van der Waals surface area contributed by atoms with E-state index < -0.39 is 12.0 Å². The number of esters is 1. The van der Waals surface area contributed by atoms with Gasteiger partial charge in [-0.15, -0.1) is 0 Å². The molecule has 0 bridgehead atoms. The number of methoxy groups -OCH3 is 1. The predicted octanol–water partition coefficient (Wildman–Crippen LogP) is 5.29. The highest BCUT2D eigenvalue weighted by atomic mass is 79.9. The van der Waals surface area contributed by atoms with E-state index in [1.165, 1.54) is 24.5 Å². The molecule has 210 valence electrons. The second-order valence-electron chi connectivity index (χ2n) is 9.12. The van der Waals surface area contributed by atoms with Crippen LogP contribution in [0.25, 0.3) is 6.08 Å². The second-order valence-corrected chi connectivity index (χ2v) is 11.0. The molecule has 5 rings (SSSR count). The van der Waals surface area contributed by atoms with Gasteiger partial charge in [0.1, 0.15) is 12.4 Å². The van der Waals surface area contributed by atoms with E-state index in [-0.39, 0.29) is 24.6 Å². The molecule has 0 radical (unpaired) electrons. The predicted molar refractivity (Wildman–Crippen MR) is 158 cm³/mol. The van der Waals surface area contributed by atoms with Crippen molar-refractivity contribution in [1.29, 1.82) is 0 Å². The number of hydrogen-bond acceptors (Lipinski definition) is 7. The Balaban J connectivity index is 1.57. The Bertz CT molecular complexity index is 1830. The van der Waals surface area contributed by atoms with Crippen LogP contribution < -0.4 is 24.4 Å². The van der Waals surface area contributed by atoms with E-state index in [0.29, 0.717) is 47.7 Å². The summed E-state index contributed by atoms with van der Waals surface area (Å²) in [5.74, 6) is -0.0193. The molecule has 1 aromatic heterocycles. The van der Waals surface area contributed by atoms with Gasteiger partial charge in [-0.3, -0.25) is 9.36 Å². The summed E-state index contributed by atoms with van der Waals surface area (Å²) in [4.78, 5) is 32.0. The number of fused-ring (bicyclic) bond motifs is 1. The Labute approximate surface area is 248 Å². The number of benzene rings is 3. The number of ether oxygens (including phenoxy) is 3. The quantitative estimate of drug-likeness (QED) is 0.246. The fraction of sp³-hybridized carbons (Fsp3) is 0.194. The van der Waals surface area contributed by atoms with Crippen molar-refractivity contribution < 1.29 is 23.4 Å². The van der Waals surface area contributed by atoms with Crippen LogP contribution in [0.3, 0.4) is 0 Å². The summed E-state index contributed by atoms with van der Waals surface area (Å²) in [7, 11) is 1.51. The van der Waals surface area contributed by atoms with Crippen molar-refractivity contribution >= 4 is 39.3 Å². The molecule has 1 aliphatic heterocycles. The molecule has 0 fully saturated rings. The topological polar surface area (TPSA) is 79.1 Å². The van der Waals surface area contributed by atoms with Crippen molar-refractivity contribution in [2.45, 2.75) is 26.5 Å². The number of rotatable bonds is 8. The molecule has 0 unspecified atom stereocenters. The maximum Gasteiger partial charge on any atom is 0.338 e. The third-order valence-corrected chi connectivity index (χ3v) is 8.21. The number of aromatic nitrogens is 1. The van der Waals surface area contributed by atoms with Gasteiger partial charge >= 0.3 is 5.97 Å². The van der Waals surface area contributed by atoms with E-state index in [2.05, 4.69) is 20.9 Å².